The van der Waals surface area contributed by atoms with Gasteiger partial charge in [-0.3, -0.25) is 4.79 Å². The van der Waals surface area contributed by atoms with Gasteiger partial charge in [0, 0.05) is 29.7 Å². The molecule has 10 heteroatoms. The van der Waals surface area contributed by atoms with Crippen molar-refractivity contribution in [3.05, 3.63) is 58.6 Å². The van der Waals surface area contributed by atoms with Crippen molar-refractivity contribution in [2.45, 2.75) is 24.7 Å². The first-order valence-electron chi connectivity index (χ1n) is 9.97. The fraction of sp³-hybridized carbons (Fsp3) is 0.318. The number of hydrogen-bond donors (Lipinski definition) is 0. The number of rotatable bonds is 2. The van der Waals surface area contributed by atoms with Gasteiger partial charge >= 0.3 is 12.2 Å². The lowest BCUT2D eigenvalue weighted by atomic mass is 9.93. The number of fused-ring (bicyclic) bond motifs is 5. The summed E-state index contributed by atoms with van der Waals surface area (Å²) < 4.78 is 40.1. The molecule has 6 nitrogen and oxygen atoms in total. The fourth-order valence-corrected chi connectivity index (χ4v) is 5.16. The summed E-state index contributed by atoms with van der Waals surface area (Å²) in [6, 6.07) is 10.2. The van der Waals surface area contributed by atoms with Gasteiger partial charge in [0.25, 0.3) is 5.91 Å². The van der Waals surface area contributed by atoms with Crippen LogP contribution in [0.5, 0.6) is 0 Å². The topological polar surface area (TPSA) is 67.7 Å². The molecule has 2 aromatic carbocycles. The van der Waals surface area contributed by atoms with Gasteiger partial charge in [-0.15, -0.1) is 0 Å². The van der Waals surface area contributed by atoms with Gasteiger partial charge in [-0.05, 0) is 48.9 Å². The Morgan fingerprint density at radius 2 is 1.72 bits per heavy atom. The zero-order chi connectivity index (χ0) is 22.8. The van der Waals surface area contributed by atoms with Gasteiger partial charge in [0.15, 0.2) is 0 Å². The lowest BCUT2D eigenvalue weighted by Gasteiger charge is -2.35. The van der Waals surface area contributed by atoms with Crippen LogP contribution in [-0.2, 0) is 11.0 Å². The predicted octanol–water partition coefficient (Wildman–Crippen LogP) is 4.28. The van der Waals surface area contributed by atoms with Gasteiger partial charge in [-0.1, -0.05) is 11.6 Å². The Bertz CT molecular complexity index is 1130. The number of nitrogens with zero attached hydrogens (tertiary/aromatic N) is 4. The maximum atomic E-state index is 13.4. The Morgan fingerprint density at radius 3 is 2.38 bits per heavy atom. The van der Waals surface area contributed by atoms with Crippen LogP contribution in [0.3, 0.4) is 0 Å². The van der Waals surface area contributed by atoms with E-state index in [2.05, 4.69) is 4.90 Å². The van der Waals surface area contributed by atoms with E-state index in [1.54, 1.807) is 12.1 Å². The van der Waals surface area contributed by atoms with Crippen LogP contribution in [0.25, 0.3) is 0 Å². The quantitative estimate of drug-likeness (QED) is 0.627. The first-order valence-corrected chi connectivity index (χ1v) is 10.3. The molecule has 0 aromatic heterocycles. The van der Waals surface area contributed by atoms with E-state index in [1.807, 2.05) is 12.1 Å². The molecule has 0 saturated carbocycles. The zero-order valence-corrected chi connectivity index (χ0v) is 17.3. The van der Waals surface area contributed by atoms with E-state index >= 15 is 0 Å². The second kappa shape index (κ2) is 7.14. The summed E-state index contributed by atoms with van der Waals surface area (Å²) in [4.78, 5) is 30.8. The van der Waals surface area contributed by atoms with Gasteiger partial charge in [-0.2, -0.15) is 18.4 Å². The molecule has 3 fully saturated rings. The highest BCUT2D eigenvalue weighted by Crippen LogP contribution is 2.44. The lowest BCUT2D eigenvalue weighted by molar-refractivity contribution is -0.137. The van der Waals surface area contributed by atoms with Gasteiger partial charge in [0.1, 0.15) is 6.04 Å². The number of urea groups is 1. The van der Waals surface area contributed by atoms with Crippen molar-refractivity contribution in [3.8, 4) is 6.07 Å². The minimum absolute atomic E-state index is 0.133. The number of alkyl halides is 3. The molecule has 0 N–H and O–H groups in total. The summed E-state index contributed by atoms with van der Waals surface area (Å²) in [5.41, 5.74) is -0.965. The Morgan fingerprint density at radius 1 is 1.03 bits per heavy atom. The third kappa shape index (κ3) is 3.09. The molecule has 3 saturated heterocycles. The van der Waals surface area contributed by atoms with Crippen molar-refractivity contribution in [3.63, 3.8) is 0 Å². The van der Waals surface area contributed by atoms with Crippen LogP contribution in [0.2, 0.25) is 5.02 Å². The molecule has 3 aliphatic heterocycles. The molecule has 0 aliphatic carbocycles. The number of anilines is 2. The highest BCUT2D eigenvalue weighted by atomic mass is 35.5. The summed E-state index contributed by atoms with van der Waals surface area (Å²) in [7, 11) is 0. The molecule has 164 valence electrons. The van der Waals surface area contributed by atoms with Crippen LogP contribution in [0.1, 0.15) is 17.5 Å². The average molecular weight is 461 g/mol. The van der Waals surface area contributed by atoms with Crippen LogP contribution >= 0.6 is 11.6 Å². The monoisotopic (exact) mass is 460 g/mol. The van der Waals surface area contributed by atoms with Crippen LogP contribution in [0.15, 0.2) is 42.5 Å². The van der Waals surface area contributed by atoms with Crippen molar-refractivity contribution in [2.24, 2.45) is 5.92 Å². The molecule has 2 aromatic rings. The van der Waals surface area contributed by atoms with Crippen molar-refractivity contribution < 1.29 is 22.8 Å². The number of halogens is 4. The number of hydrogen-bond acceptors (Lipinski definition) is 4. The SMILES string of the molecule is N#Cc1ccc(N2C(=O)[C@H]3[C@@H]4C[C@@H](CN(c5ccc(Cl)cc5)C4)N3C2=O)cc1C(F)(F)F. The Labute approximate surface area is 186 Å². The summed E-state index contributed by atoms with van der Waals surface area (Å²) in [6.07, 6.45) is -4.11. The average Bonchev–Trinajstić information content (AvgIpc) is 3.18. The molecule has 32 heavy (non-hydrogen) atoms. The molecule has 3 atom stereocenters. The maximum absolute atomic E-state index is 13.4. The summed E-state index contributed by atoms with van der Waals surface area (Å²) in [5.74, 6) is -0.662. The minimum atomic E-state index is -4.78. The third-order valence-electron chi connectivity index (χ3n) is 6.37. The molecule has 0 radical (unpaired) electrons. The zero-order valence-electron chi connectivity index (χ0n) is 16.5. The van der Waals surface area contributed by atoms with Gasteiger partial charge in [-0.25, -0.2) is 9.69 Å². The highest BCUT2D eigenvalue weighted by Gasteiger charge is 2.59. The van der Waals surface area contributed by atoms with E-state index in [-0.39, 0.29) is 17.6 Å². The largest absolute Gasteiger partial charge is 0.417 e. The van der Waals surface area contributed by atoms with Crippen LogP contribution < -0.4 is 9.80 Å². The summed E-state index contributed by atoms with van der Waals surface area (Å²) in [5, 5.41) is 9.61. The summed E-state index contributed by atoms with van der Waals surface area (Å²) >= 11 is 5.96. The molecule has 3 heterocycles. The van der Waals surface area contributed by atoms with E-state index < -0.39 is 35.3 Å². The normalized spacial score (nSPS) is 24.7. The number of carbonyl (C=O) groups excluding carboxylic acids is 2. The molecular weight excluding hydrogens is 445 g/mol. The van der Waals surface area contributed by atoms with Crippen molar-refractivity contribution >= 4 is 34.9 Å². The molecule has 2 bridgehead atoms. The predicted molar refractivity (Wildman–Crippen MR) is 110 cm³/mol. The number of benzene rings is 2. The standard InChI is InChI=1S/C22H16ClF3N4O2/c23-14-2-5-15(6-3-14)28-10-13-7-17(11-28)29-19(13)20(31)30(21(29)32)16-4-1-12(9-27)18(8-16)22(24,25)26/h1-6,8,13,17,19H,7,10-11H2/t13-,17+,19-/m1/s1. The first-order chi connectivity index (χ1) is 15.2. The molecule has 3 aliphatic rings. The number of piperidine rings is 1. The van der Waals surface area contributed by atoms with E-state index in [9.17, 15) is 22.8 Å². The summed E-state index contributed by atoms with van der Waals surface area (Å²) in [6.45, 7) is 1.07. The van der Waals surface area contributed by atoms with Crippen LogP contribution in [-0.4, -0.2) is 42.0 Å². The van der Waals surface area contributed by atoms with Crippen LogP contribution in [0.4, 0.5) is 29.3 Å². The van der Waals surface area contributed by atoms with Gasteiger partial charge < -0.3 is 9.80 Å². The molecule has 0 spiro atoms. The Hall–Kier alpha value is -3.25. The van der Waals surface area contributed by atoms with Crippen LogP contribution in [0, 0.1) is 17.2 Å². The third-order valence-corrected chi connectivity index (χ3v) is 6.62. The first kappa shape index (κ1) is 20.6. The number of carbonyl (C=O) groups is 2. The number of imide groups is 1. The molecular formula is C22H16ClF3N4O2. The lowest BCUT2D eigenvalue weighted by Crippen LogP contribution is -2.46. The van der Waals surface area contributed by atoms with E-state index in [0.29, 0.717) is 30.6 Å². The van der Waals surface area contributed by atoms with Gasteiger partial charge in [0.2, 0.25) is 0 Å². The smallest absolute Gasteiger partial charge is 0.369 e. The molecule has 5 rings (SSSR count). The molecule has 3 amide bonds. The fourth-order valence-electron chi connectivity index (χ4n) is 5.04. The van der Waals surface area contributed by atoms with E-state index in [1.165, 1.54) is 17.0 Å². The van der Waals surface area contributed by atoms with Gasteiger partial charge in [0.05, 0.1) is 28.9 Å². The van der Waals surface area contributed by atoms with Crippen molar-refractivity contribution in [2.75, 3.05) is 22.9 Å². The Kier molecular flexibility index (Phi) is 4.60. The highest BCUT2D eigenvalue weighted by molar-refractivity contribution is 6.30. The van der Waals surface area contributed by atoms with E-state index in [4.69, 9.17) is 16.9 Å². The van der Waals surface area contributed by atoms with Crippen molar-refractivity contribution in [1.29, 1.82) is 5.26 Å². The minimum Gasteiger partial charge on any atom is -0.369 e. The number of nitriles is 1. The number of amides is 3. The maximum Gasteiger partial charge on any atom is 0.417 e. The second-order valence-electron chi connectivity index (χ2n) is 8.18. The second-order valence-corrected chi connectivity index (χ2v) is 8.62. The molecule has 0 unspecified atom stereocenters. The van der Waals surface area contributed by atoms with Crippen molar-refractivity contribution in [1.82, 2.24) is 4.90 Å². The Balaban J connectivity index is 1.45. The van der Waals surface area contributed by atoms with E-state index in [0.717, 1.165) is 16.7 Å².